The van der Waals surface area contributed by atoms with Gasteiger partial charge in [-0.2, -0.15) is 4.98 Å². The molecule has 0 unspecified atom stereocenters. The lowest BCUT2D eigenvalue weighted by atomic mass is 10.1. The third-order valence-corrected chi connectivity index (χ3v) is 3.06. The lowest BCUT2D eigenvalue weighted by molar-refractivity contribution is 0.205. The van der Waals surface area contributed by atoms with Crippen molar-refractivity contribution in [2.75, 3.05) is 0 Å². The molecule has 1 N–H and O–H groups in total. The summed E-state index contributed by atoms with van der Waals surface area (Å²) >= 11 is 0. The van der Waals surface area contributed by atoms with E-state index >= 15 is 0 Å². The summed E-state index contributed by atoms with van der Waals surface area (Å²) in [5, 5.41) is 14.2. The van der Waals surface area contributed by atoms with E-state index in [1.807, 2.05) is 0 Å². The second kappa shape index (κ2) is 5.45. The van der Waals surface area contributed by atoms with E-state index in [1.54, 1.807) is 23.9 Å². The zero-order valence-corrected chi connectivity index (χ0v) is 11.3. The fourth-order valence-corrected chi connectivity index (χ4v) is 2.05. The SMILES string of the molecule is Cc1nc(Cn2ccnc2[C@H](O)c2ccc(F)cc2)no1. The van der Waals surface area contributed by atoms with Crippen molar-refractivity contribution in [1.29, 1.82) is 0 Å². The van der Waals surface area contributed by atoms with Gasteiger partial charge in [-0.25, -0.2) is 9.37 Å². The molecule has 7 heteroatoms. The Kier molecular flexibility index (Phi) is 3.49. The average Bonchev–Trinajstić information content (AvgIpc) is 3.09. The molecule has 0 bridgehead atoms. The first-order valence-corrected chi connectivity index (χ1v) is 6.37. The quantitative estimate of drug-likeness (QED) is 0.792. The summed E-state index contributed by atoms with van der Waals surface area (Å²) in [5.41, 5.74) is 0.563. The van der Waals surface area contributed by atoms with Crippen molar-refractivity contribution in [2.45, 2.75) is 19.6 Å². The summed E-state index contributed by atoms with van der Waals surface area (Å²) in [4.78, 5) is 8.26. The maximum atomic E-state index is 12.9. The maximum Gasteiger partial charge on any atom is 0.223 e. The van der Waals surface area contributed by atoms with E-state index < -0.39 is 6.10 Å². The highest BCUT2D eigenvalue weighted by atomic mass is 19.1. The van der Waals surface area contributed by atoms with Crippen molar-refractivity contribution in [3.63, 3.8) is 0 Å². The van der Waals surface area contributed by atoms with Crippen LogP contribution in [-0.2, 0) is 6.54 Å². The summed E-state index contributed by atoms with van der Waals surface area (Å²) in [6, 6.07) is 5.65. The predicted octanol–water partition coefficient (Wildman–Crippen LogP) is 1.84. The summed E-state index contributed by atoms with van der Waals surface area (Å²) in [5.74, 6) is 1.06. The monoisotopic (exact) mass is 288 g/mol. The number of hydrogen-bond acceptors (Lipinski definition) is 5. The Labute approximate surface area is 119 Å². The fraction of sp³-hybridized carbons (Fsp3) is 0.214. The largest absolute Gasteiger partial charge is 0.380 e. The van der Waals surface area contributed by atoms with E-state index in [-0.39, 0.29) is 5.82 Å². The first-order valence-electron chi connectivity index (χ1n) is 6.37. The first-order chi connectivity index (χ1) is 10.1. The molecule has 108 valence electrons. The van der Waals surface area contributed by atoms with Crippen molar-refractivity contribution in [3.05, 3.63) is 65.6 Å². The van der Waals surface area contributed by atoms with Crippen LogP contribution in [0.5, 0.6) is 0 Å². The third kappa shape index (κ3) is 2.82. The number of aliphatic hydroxyl groups excluding tert-OH is 1. The summed E-state index contributed by atoms with van der Waals surface area (Å²) in [7, 11) is 0. The highest BCUT2D eigenvalue weighted by molar-refractivity contribution is 5.23. The van der Waals surface area contributed by atoms with E-state index in [9.17, 15) is 9.50 Å². The molecule has 0 fully saturated rings. The van der Waals surface area contributed by atoms with Crippen molar-refractivity contribution in [1.82, 2.24) is 19.7 Å². The molecule has 0 saturated heterocycles. The highest BCUT2D eigenvalue weighted by Crippen LogP contribution is 2.21. The number of rotatable bonds is 4. The lowest BCUT2D eigenvalue weighted by Crippen LogP contribution is -2.11. The van der Waals surface area contributed by atoms with Gasteiger partial charge in [0.2, 0.25) is 5.89 Å². The Morgan fingerprint density at radius 1 is 1.33 bits per heavy atom. The Balaban J connectivity index is 1.86. The maximum absolute atomic E-state index is 12.9. The van der Waals surface area contributed by atoms with E-state index in [1.165, 1.54) is 24.3 Å². The standard InChI is InChI=1S/C14H13FN4O2/c1-9-17-12(18-21-9)8-19-7-6-16-14(19)13(20)10-2-4-11(15)5-3-10/h2-7,13,20H,8H2,1H3/t13-/m1/s1. The third-order valence-electron chi connectivity index (χ3n) is 3.06. The van der Waals surface area contributed by atoms with Gasteiger partial charge in [0.05, 0.1) is 6.54 Å². The van der Waals surface area contributed by atoms with Gasteiger partial charge in [0.25, 0.3) is 0 Å². The molecule has 1 aromatic carbocycles. The van der Waals surface area contributed by atoms with Crippen LogP contribution >= 0.6 is 0 Å². The number of benzene rings is 1. The molecule has 2 aromatic heterocycles. The van der Waals surface area contributed by atoms with E-state index in [2.05, 4.69) is 15.1 Å². The molecule has 0 radical (unpaired) electrons. The van der Waals surface area contributed by atoms with Crippen LogP contribution in [0.3, 0.4) is 0 Å². The Hall–Kier alpha value is -2.54. The zero-order valence-electron chi connectivity index (χ0n) is 11.3. The summed E-state index contributed by atoms with van der Waals surface area (Å²) < 4.78 is 19.6. The predicted molar refractivity (Wildman–Crippen MR) is 70.8 cm³/mol. The van der Waals surface area contributed by atoms with Crippen LogP contribution in [0.1, 0.15) is 29.2 Å². The molecule has 3 rings (SSSR count). The van der Waals surface area contributed by atoms with Gasteiger partial charge in [0.15, 0.2) is 5.82 Å². The second-order valence-corrected chi connectivity index (χ2v) is 4.60. The Morgan fingerprint density at radius 3 is 2.76 bits per heavy atom. The number of aromatic nitrogens is 4. The van der Waals surface area contributed by atoms with Crippen LogP contribution in [0.4, 0.5) is 4.39 Å². The van der Waals surface area contributed by atoms with Crippen LogP contribution in [0.25, 0.3) is 0 Å². The second-order valence-electron chi connectivity index (χ2n) is 4.60. The minimum atomic E-state index is -0.950. The van der Waals surface area contributed by atoms with Gasteiger partial charge in [-0.15, -0.1) is 0 Å². The van der Waals surface area contributed by atoms with Crippen molar-refractivity contribution >= 4 is 0 Å². The molecular weight excluding hydrogens is 275 g/mol. The number of nitrogens with zero attached hydrogens (tertiary/aromatic N) is 4. The topological polar surface area (TPSA) is 77.0 Å². The average molecular weight is 288 g/mol. The smallest absolute Gasteiger partial charge is 0.223 e. The fourth-order valence-electron chi connectivity index (χ4n) is 2.05. The molecule has 21 heavy (non-hydrogen) atoms. The molecule has 0 saturated carbocycles. The number of halogens is 1. The van der Waals surface area contributed by atoms with E-state index in [4.69, 9.17) is 4.52 Å². The van der Waals surface area contributed by atoms with E-state index in [0.717, 1.165) is 0 Å². The summed E-state index contributed by atoms with van der Waals surface area (Å²) in [6.45, 7) is 2.05. The molecular formula is C14H13FN4O2. The normalized spacial score (nSPS) is 12.5. The zero-order chi connectivity index (χ0) is 14.8. The van der Waals surface area contributed by atoms with Crippen LogP contribution in [0, 0.1) is 12.7 Å². The van der Waals surface area contributed by atoms with Gasteiger partial charge < -0.3 is 14.2 Å². The highest BCUT2D eigenvalue weighted by Gasteiger charge is 2.17. The van der Waals surface area contributed by atoms with Gasteiger partial charge in [-0.3, -0.25) is 0 Å². The number of imidazole rings is 1. The van der Waals surface area contributed by atoms with Gasteiger partial charge in [0, 0.05) is 19.3 Å². The minimum Gasteiger partial charge on any atom is -0.380 e. The van der Waals surface area contributed by atoms with Gasteiger partial charge in [-0.05, 0) is 17.7 Å². The van der Waals surface area contributed by atoms with Crippen LogP contribution < -0.4 is 0 Å². The van der Waals surface area contributed by atoms with Gasteiger partial charge >= 0.3 is 0 Å². The van der Waals surface area contributed by atoms with E-state index in [0.29, 0.717) is 29.6 Å². The Bertz CT molecular complexity index is 736. The first kappa shape index (κ1) is 13.4. The number of aliphatic hydroxyl groups is 1. The molecule has 0 aliphatic rings. The van der Waals surface area contributed by atoms with Crippen LogP contribution in [0.15, 0.2) is 41.2 Å². The molecule has 1 atom stereocenters. The number of aryl methyl sites for hydroxylation is 1. The molecule has 2 heterocycles. The molecule has 0 aliphatic carbocycles. The van der Waals surface area contributed by atoms with Crippen molar-refractivity contribution in [2.24, 2.45) is 0 Å². The van der Waals surface area contributed by atoms with Gasteiger partial charge in [0.1, 0.15) is 17.7 Å². The Morgan fingerprint density at radius 2 is 2.10 bits per heavy atom. The summed E-state index contributed by atoms with van der Waals surface area (Å²) in [6.07, 6.45) is 2.34. The molecule has 6 nitrogen and oxygen atoms in total. The number of hydrogen-bond donors (Lipinski definition) is 1. The van der Waals surface area contributed by atoms with Crippen molar-refractivity contribution < 1.29 is 14.0 Å². The molecule has 0 amide bonds. The van der Waals surface area contributed by atoms with Crippen LogP contribution in [0.2, 0.25) is 0 Å². The molecule has 3 aromatic rings. The molecule has 0 aliphatic heterocycles. The lowest BCUT2D eigenvalue weighted by Gasteiger charge is -2.12. The minimum absolute atomic E-state index is 0.338. The van der Waals surface area contributed by atoms with Crippen molar-refractivity contribution in [3.8, 4) is 0 Å². The van der Waals surface area contributed by atoms with Crippen LogP contribution in [-0.4, -0.2) is 24.8 Å². The molecule has 0 spiro atoms. The van der Waals surface area contributed by atoms with Gasteiger partial charge in [-0.1, -0.05) is 17.3 Å².